The maximum Gasteiger partial charge on any atom is 0.113 e. The van der Waals surface area contributed by atoms with Crippen LogP contribution in [0.25, 0.3) is 11.0 Å². The van der Waals surface area contributed by atoms with Crippen molar-refractivity contribution in [3.05, 3.63) is 29.1 Å². The predicted octanol–water partition coefficient (Wildman–Crippen LogP) is 1.82. The van der Waals surface area contributed by atoms with Gasteiger partial charge in [-0.25, -0.2) is 4.98 Å². The number of hydrogen-bond acceptors (Lipinski definition) is 2. The van der Waals surface area contributed by atoms with E-state index in [1.807, 2.05) is 4.57 Å². The summed E-state index contributed by atoms with van der Waals surface area (Å²) in [5, 5.41) is 9.04. The van der Waals surface area contributed by atoms with Crippen molar-refractivity contribution in [1.82, 2.24) is 9.55 Å². The molecule has 0 unspecified atom stereocenters. The minimum Gasteiger partial charge on any atom is -0.396 e. The number of hydrogen-bond donors (Lipinski definition) is 1. The van der Waals surface area contributed by atoms with Gasteiger partial charge >= 0.3 is 0 Å². The normalized spacial score (nSPS) is 10.7. The molecule has 3 nitrogen and oxygen atoms in total. The Balaban J connectivity index is 2.67. The first-order chi connectivity index (χ1) is 8.17. The number of rotatable bonds is 3. The van der Waals surface area contributed by atoms with Crippen molar-refractivity contribution >= 4 is 11.0 Å². The first-order valence-corrected chi connectivity index (χ1v) is 5.68. The zero-order chi connectivity index (χ0) is 12.4. The summed E-state index contributed by atoms with van der Waals surface area (Å²) in [6.07, 6.45) is 5.92. The average Bonchev–Trinajstić information content (AvgIpc) is 2.59. The summed E-state index contributed by atoms with van der Waals surface area (Å²) in [4.78, 5) is 4.53. The Morgan fingerprint density at radius 1 is 1.35 bits per heavy atom. The molecule has 0 fully saturated rings. The van der Waals surface area contributed by atoms with Gasteiger partial charge in [-0.3, -0.25) is 0 Å². The summed E-state index contributed by atoms with van der Waals surface area (Å²) in [5.41, 5.74) is 4.45. The zero-order valence-electron chi connectivity index (χ0n) is 10.2. The van der Waals surface area contributed by atoms with E-state index in [9.17, 15) is 0 Å². The molecule has 0 aliphatic rings. The highest BCUT2D eigenvalue weighted by atomic mass is 16.3. The minimum atomic E-state index is 0.0891. The van der Waals surface area contributed by atoms with Crippen LogP contribution >= 0.6 is 0 Å². The third-order valence-electron chi connectivity index (χ3n) is 3.03. The quantitative estimate of drug-likeness (QED) is 0.814. The molecule has 1 aromatic carbocycles. The number of terminal acetylenes is 1. The van der Waals surface area contributed by atoms with Crippen LogP contribution in [0.4, 0.5) is 0 Å². The van der Waals surface area contributed by atoms with E-state index in [1.54, 1.807) is 0 Å². The maximum absolute atomic E-state index is 9.04. The maximum atomic E-state index is 9.04. The van der Waals surface area contributed by atoms with E-state index in [0.29, 0.717) is 13.0 Å². The van der Waals surface area contributed by atoms with Crippen molar-refractivity contribution < 1.29 is 5.11 Å². The topological polar surface area (TPSA) is 38.0 Å². The van der Waals surface area contributed by atoms with Crippen molar-refractivity contribution in [3.8, 4) is 12.3 Å². The Bertz CT molecular complexity index is 590. The SMILES string of the molecule is C#CCn1c(CCO)nc2cc(C)c(C)cc21. The Morgan fingerprint density at radius 3 is 2.71 bits per heavy atom. The molecular weight excluding hydrogens is 212 g/mol. The monoisotopic (exact) mass is 228 g/mol. The second kappa shape index (κ2) is 4.60. The van der Waals surface area contributed by atoms with Gasteiger partial charge in [0.1, 0.15) is 5.82 Å². The second-order valence-corrected chi connectivity index (χ2v) is 4.22. The van der Waals surface area contributed by atoms with E-state index >= 15 is 0 Å². The lowest BCUT2D eigenvalue weighted by atomic mass is 10.1. The third-order valence-corrected chi connectivity index (χ3v) is 3.03. The lowest BCUT2D eigenvalue weighted by Crippen LogP contribution is -2.04. The van der Waals surface area contributed by atoms with E-state index in [2.05, 4.69) is 36.9 Å². The van der Waals surface area contributed by atoms with E-state index in [1.165, 1.54) is 11.1 Å². The summed E-state index contributed by atoms with van der Waals surface area (Å²) in [6.45, 7) is 4.73. The van der Waals surface area contributed by atoms with Crippen LogP contribution in [0.1, 0.15) is 17.0 Å². The third kappa shape index (κ3) is 2.04. The van der Waals surface area contributed by atoms with Crippen LogP contribution < -0.4 is 0 Å². The van der Waals surface area contributed by atoms with E-state index in [-0.39, 0.29) is 6.61 Å². The molecule has 0 spiro atoms. The number of aromatic nitrogens is 2. The van der Waals surface area contributed by atoms with Gasteiger partial charge in [0.05, 0.1) is 24.2 Å². The van der Waals surface area contributed by atoms with Crippen LogP contribution in [0.15, 0.2) is 12.1 Å². The minimum absolute atomic E-state index is 0.0891. The number of nitrogens with zero attached hydrogens (tertiary/aromatic N) is 2. The molecule has 0 amide bonds. The number of imidazole rings is 1. The number of aliphatic hydroxyl groups excluding tert-OH is 1. The Kier molecular flexibility index (Phi) is 3.16. The molecule has 3 heteroatoms. The van der Waals surface area contributed by atoms with Crippen LogP contribution in [0.2, 0.25) is 0 Å². The molecule has 88 valence electrons. The van der Waals surface area contributed by atoms with Crippen LogP contribution in [0.3, 0.4) is 0 Å². The van der Waals surface area contributed by atoms with Crippen LogP contribution in [0.5, 0.6) is 0 Å². The molecule has 0 radical (unpaired) electrons. The Morgan fingerprint density at radius 2 is 2.06 bits per heavy atom. The molecule has 1 N–H and O–H groups in total. The van der Waals surface area contributed by atoms with Gasteiger partial charge in [0.25, 0.3) is 0 Å². The van der Waals surface area contributed by atoms with Crippen molar-refractivity contribution in [1.29, 1.82) is 0 Å². The number of benzene rings is 1. The fourth-order valence-corrected chi connectivity index (χ4v) is 1.99. The summed E-state index contributed by atoms with van der Waals surface area (Å²) in [7, 11) is 0. The van der Waals surface area contributed by atoms with Gasteiger partial charge < -0.3 is 9.67 Å². The molecule has 17 heavy (non-hydrogen) atoms. The van der Waals surface area contributed by atoms with Gasteiger partial charge in [0, 0.05) is 6.42 Å². The lowest BCUT2D eigenvalue weighted by molar-refractivity contribution is 0.295. The molecule has 0 saturated carbocycles. The fourth-order valence-electron chi connectivity index (χ4n) is 1.99. The summed E-state index contributed by atoms with van der Waals surface area (Å²) in [6, 6.07) is 4.18. The summed E-state index contributed by atoms with van der Waals surface area (Å²) in [5.74, 6) is 3.49. The van der Waals surface area contributed by atoms with Gasteiger partial charge in [0.15, 0.2) is 0 Å². The first-order valence-electron chi connectivity index (χ1n) is 5.68. The highest BCUT2D eigenvalue weighted by molar-refractivity contribution is 5.78. The van der Waals surface area contributed by atoms with Crippen molar-refractivity contribution in [2.45, 2.75) is 26.8 Å². The molecule has 0 bridgehead atoms. The largest absolute Gasteiger partial charge is 0.396 e. The van der Waals surface area contributed by atoms with Gasteiger partial charge in [-0.05, 0) is 37.1 Å². The number of aryl methyl sites for hydroxylation is 2. The summed E-state index contributed by atoms with van der Waals surface area (Å²) >= 11 is 0. The van der Waals surface area contributed by atoms with Gasteiger partial charge in [-0.15, -0.1) is 6.42 Å². The first kappa shape index (κ1) is 11.7. The molecule has 2 rings (SSSR count). The fraction of sp³-hybridized carbons (Fsp3) is 0.357. The molecule has 0 aliphatic carbocycles. The standard InChI is InChI=1S/C14H16N2O/c1-4-6-16-13-9-11(3)10(2)8-12(13)15-14(16)5-7-17/h1,8-9,17H,5-7H2,2-3H3. The van der Waals surface area contributed by atoms with E-state index in [0.717, 1.165) is 16.9 Å². The molecule has 0 aliphatic heterocycles. The molecule has 0 atom stereocenters. The van der Waals surface area contributed by atoms with Crippen molar-refractivity contribution in [3.63, 3.8) is 0 Å². The zero-order valence-corrected chi connectivity index (χ0v) is 10.2. The van der Waals surface area contributed by atoms with Crippen LogP contribution in [-0.4, -0.2) is 21.3 Å². The van der Waals surface area contributed by atoms with E-state index < -0.39 is 0 Å². The van der Waals surface area contributed by atoms with Crippen LogP contribution in [0, 0.1) is 26.2 Å². The van der Waals surface area contributed by atoms with Gasteiger partial charge in [-0.2, -0.15) is 0 Å². The molecular formula is C14H16N2O. The van der Waals surface area contributed by atoms with Crippen molar-refractivity contribution in [2.75, 3.05) is 6.61 Å². The average molecular weight is 228 g/mol. The molecule has 2 aromatic rings. The lowest BCUT2D eigenvalue weighted by Gasteiger charge is -2.05. The smallest absolute Gasteiger partial charge is 0.113 e. The predicted molar refractivity (Wildman–Crippen MR) is 68.8 cm³/mol. The number of fused-ring (bicyclic) bond motifs is 1. The van der Waals surface area contributed by atoms with Crippen molar-refractivity contribution in [2.24, 2.45) is 0 Å². The van der Waals surface area contributed by atoms with E-state index in [4.69, 9.17) is 11.5 Å². The molecule has 0 saturated heterocycles. The highest BCUT2D eigenvalue weighted by Crippen LogP contribution is 2.21. The van der Waals surface area contributed by atoms with Gasteiger partial charge in [0.2, 0.25) is 0 Å². The van der Waals surface area contributed by atoms with Gasteiger partial charge in [-0.1, -0.05) is 5.92 Å². The Labute approximate surface area is 101 Å². The highest BCUT2D eigenvalue weighted by Gasteiger charge is 2.10. The van der Waals surface area contributed by atoms with Crippen LogP contribution in [-0.2, 0) is 13.0 Å². The molecule has 1 heterocycles. The molecule has 1 aromatic heterocycles. The Hall–Kier alpha value is -1.79. The number of aliphatic hydroxyl groups is 1. The summed E-state index contributed by atoms with van der Waals surface area (Å²) < 4.78 is 2.00. The second-order valence-electron chi connectivity index (χ2n) is 4.22.